The predicted molar refractivity (Wildman–Crippen MR) is 132 cm³/mol. The summed E-state index contributed by atoms with van der Waals surface area (Å²) in [6.07, 6.45) is 1.24. The number of carbonyl (C=O) groups is 3. The minimum absolute atomic E-state index is 0.0323. The number of nitrogens with one attached hydrogen (secondary N) is 1. The number of barbiturate groups is 1. The Morgan fingerprint density at radius 3 is 2.31 bits per heavy atom. The number of imide groups is 2. The number of ether oxygens (including phenoxy) is 1. The van der Waals surface area contributed by atoms with Gasteiger partial charge in [-0.3, -0.25) is 14.9 Å². The fraction of sp³-hybridized carbons (Fsp3) is 0.0800. The minimum atomic E-state index is -4.14. The molecule has 4 amide bonds. The van der Waals surface area contributed by atoms with Gasteiger partial charge in [-0.1, -0.05) is 47.5 Å². The van der Waals surface area contributed by atoms with Crippen LogP contribution in [0.4, 0.5) is 10.5 Å². The second-order valence-corrected chi connectivity index (χ2v) is 9.62. The van der Waals surface area contributed by atoms with Crippen LogP contribution in [-0.2, 0) is 19.7 Å². The van der Waals surface area contributed by atoms with E-state index in [1.807, 2.05) is 6.92 Å². The first kappa shape index (κ1) is 25.0. The molecule has 1 aliphatic heterocycles. The third-order valence-corrected chi connectivity index (χ3v) is 6.77. The Labute approximate surface area is 212 Å². The Hall–Kier alpha value is -4.15. The van der Waals surface area contributed by atoms with Gasteiger partial charge in [-0.15, -0.1) is 0 Å². The van der Waals surface area contributed by atoms with E-state index in [1.54, 1.807) is 24.3 Å². The van der Waals surface area contributed by atoms with Gasteiger partial charge in [0, 0.05) is 0 Å². The number of methoxy groups -OCH3 is 1. The van der Waals surface area contributed by atoms with Crippen molar-refractivity contribution in [1.29, 1.82) is 0 Å². The van der Waals surface area contributed by atoms with Crippen molar-refractivity contribution in [3.05, 3.63) is 88.5 Å². The number of nitrogens with zero attached hydrogens (tertiary/aromatic N) is 1. The minimum Gasteiger partial charge on any atom is -0.493 e. The van der Waals surface area contributed by atoms with Gasteiger partial charge in [0.15, 0.2) is 11.5 Å². The highest BCUT2D eigenvalue weighted by molar-refractivity contribution is 7.87. The van der Waals surface area contributed by atoms with Crippen LogP contribution in [0.5, 0.6) is 11.5 Å². The van der Waals surface area contributed by atoms with E-state index in [4.69, 9.17) is 20.5 Å². The quantitative estimate of drug-likeness (QED) is 0.292. The Bertz CT molecular complexity index is 1520. The molecule has 3 aromatic rings. The monoisotopic (exact) mass is 526 g/mol. The molecule has 1 aliphatic rings. The van der Waals surface area contributed by atoms with Crippen molar-refractivity contribution in [2.75, 3.05) is 12.0 Å². The van der Waals surface area contributed by atoms with Gasteiger partial charge in [-0.2, -0.15) is 8.42 Å². The Morgan fingerprint density at radius 2 is 1.64 bits per heavy atom. The molecule has 1 saturated heterocycles. The van der Waals surface area contributed by atoms with E-state index in [0.717, 1.165) is 10.5 Å². The van der Waals surface area contributed by atoms with Gasteiger partial charge in [0.05, 0.1) is 17.8 Å². The summed E-state index contributed by atoms with van der Waals surface area (Å²) >= 11 is 6.14. The molecular formula is C25H19ClN2O7S. The largest absolute Gasteiger partial charge is 0.493 e. The van der Waals surface area contributed by atoms with Crippen molar-refractivity contribution in [1.82, 2.24) is 5.32 Å². The number of aryl methyl sites for hydroxylation is 1. The van der Waals surface area contributed by atoms with Crippen molar-refractivity contribution in [2.45, 2.75) is 11.8 Å². The molecular weight excluding hydrogens is 508 g/mol. The van der Waals surface area contributed by atoms with E-state index in [2.05, 4.69) is 5.32 Å². The Balaban J connectivity index is 1.66. The lowest BCUT2D eigenvalue weighted by molar-refractivity contribution is -0.122. The van der Waals surface area contributed by atoms with Gasteiger partial charge in [-0.05, 0) is 55.0 Å². The SMILES string of the molecule is COc1cc(/C=C2\C(=O)NC(=O)N(c3ccccc3Cl)C2=O)ccc1OS(=O)(=O)c1ccc(C)cc1. The van der Waals surface area contributed by atoms with Crippen molar-refractivity contribution >= 4 is 51.3 Å². The number of amides is 4. The summed E-state index contributed by atoms with van der Waals surface area (Å²) in [5.74, 6) is -1.82. The molecule has 1 heterocycles. The maximum absolute atomic E-state index is 13.1. The Kier molecular flexibility index (Phi) is 6.82. The van der Waals surface area contributed by atoms with Crippen molar-refractivity contribution < 1.29 is 31.7 Å². The first-order chi connectivity index (χ1) is 17.1. The summed E-state index contributed by atoms with van der Waals surface area (Å²) in [5, 5.41) is 2.26. The molecule has 0 unspecified atom stereocenters. The maximum atomic E-state index is 13.1. The van der Waals surface area contributed by atoms with Gasteiger partial charge in [0.2, 0.25) is 0 Å². The highest BCUT2D eigenvalue weighted by Gasteiger charge is 2.37. The predicted octanol–water partition coefficient (Wildman–Crippen LogP) is 4.09. The van der Waals surface area contributed by atoms with Crippen LogP contribution >= 0.6 is 11.6 Å². The van der Waals surface area contributed by atoms with Crippen LogP contribution < -0.4 is 19.1 Å². The molecule has 0 aromatic heterocycles. The van der Waals surface area contributed by atoms with Crippen LogP contribution in [0.1, 0.15) is 11.1 Å². The zero-order valence-corrected chi connectivity index (χ0v) is 20.6. The molecule has 0 aliphatic carbocycles. The standard InChI is InChI=1S/C25H19ClN2O7S/c1-15-7-10-17(11-8-15)36(32,33)35-21-12-9-16(14-22(21)34-2)13-18-23(29)27-25(31)28(24(18)30)20-6-4-3-5-19(20)26/h3-14H,1-2H3,(H,27,29,31)/b18-13+. The van der Waals surface area contributed by atoms with Crippen molar-refractivity contribution in [3.8, 4) is 11.5 Å². The molecule has 9 nitrogen and oxygen atoms in total. The topological polar surface area (TPSA) is 119 Å². The number of hydrogen-bond acceptors (Lipinski definition) is 7. The van der Waals surface area contributed by atoms with Gasteiger partial charge >= 0.3 is 16.1 Å². The Morgan fingerprint density at radius 1 is 0.944 bits per heavy atom. The van der Waals surface area contributed by atoms with E-state index in [-0.39, 0.29) is 32.7 Å². The van der Waals surface area contributed by atoms with Gasteiger partial charge in [0.25, 0.3) is 11.8 Å². The van der Waals surface area contributed by atoms with Crippen molar-refractivity contribution in [3.63, 3.8) is 0 Å². The number of benzene rings is 3. The molecule has 3 aromatic carbocycles. The molecule has 184 valence electrons. The number of para-hydroxylation sites is 1. The van der Waals surface area contributed by atoms with Gasteiger partial charge in [0.1, 0.15) is 10.5 Å². The third-order valence-electron chi connectivity index (χ3n) is 5.20. The van der Waals surface area contributed by atoms with E-state index < -0.39 is 28.0 Å². The number of anilines is 1. The fourth-order valence-electron chi connectivity index (χ4n) is 3.39. The highest BCUT2D eigenvalue weighted by Crippen LogP contribution is 2.33. The van der Waals surface area contributed by atoms with Crippen LogP contribution in [0.3, 0.4) is 0 Å². The van der Waals surface area contributed by atoms with E-state index in [1.165, 1.54) is 55.7 Å². The first-order valence-electron chi connectivity index (χ1n) is 10.5. The summed E-state index contributed by atoms with van der Waals surface area (Å²) in [6, 6.07) is 15.6. The molecule has 1 N–H and O–H groups in total. The zero-order valence-electron chi connectivity index (χ0n) is 19.0. The summed E-state index contributed by atoms with van der Waals surface area (Å²) in [7, 11) is -2.83. The van der Waals surface area contributed by atoms with Gasteiger partial charge < -0.3 is 8.92 Å². The lowest BCUT2D eigenvalue weighted by atomic mass is 10.1. The molecule has 0 saturated carbocycles. The molecule has 0 spiro atoms. The molecule has 0 bridgehead atoms. The first-order valence-corrected chi connectivity index (χ1v) is 12.2. The van der Waals surface area contributed by atoms with Crippen LogP contribution in [-0.4, -0.2) is 33.4 Å². The second kappa shape index (κ2) is 9.84. The second-order valence-electron chi connectivity index (χ2n) is 7.67. The average Bonchev–Trinajstić information content (AvgIpc) is 2.83. The maximum Gasteiger partial charge on any atom is 0.339 e. The lowest BCUT2D eigenvalue weighted by Gasteiger charge is -2.27. The van der Waals surface area contributed by atoms with Crippen LogP contribution in [0.25, 0.3) is 6.08 Å². The molecule has 11 heteroatoms. The normalized spacial score (nSPS) is 15.1. The summed E-state index contributed by atoms with van der Waals surface area (Å²) in [4.78, 5) is 38.6. The molecule has 1 fully saturated rings. The van der Waals surface area contributed by atoms with Crippen LogP contribution in [0.2, 0.25) is 5.02 Å². The average molecular weight is 527 g/mol. The van der Waals surface area contributed by atoms with Crippen molar-refractivity contribution in [2.24, 2.45) is 0 Å². The number of halogens is 1. The molecule has 36 heavy (non-hydrogen) atoms. The van der Waals surface area contributed by atoms with E-state index >= 15 is 0 Å². The molecule has 0 radical (unpaired) electrons. The van der Waals surface area contributed by atoms with E-state index in [9.17, 15) is 22.8 Å². The molecule has 0 atom stereocenters. The number of carbonyl (C=O) groups excluding carboxylic acids is 3. The van der Waals surface area contributed by atoms with Crippen LogP contribution in [0, 0.1) is 6.92 Å². The van der Waals surface area contributed by atoms with Gasteiger partial charge in [-0.25, -0.2) is 9.69 Å². The summed E-state index contributed by atoms with van der Waals surface area (Å²) in [5.41, 5.74) is 0.985. The number of hydrogen-bond donors (Lipinski definition) is 1. The summed E-state index contributed by atoms with van der Waals surface area (Å²) in [6.45, 7) is 1.83. The lowest BCUT2D eigenvalue weighted by Crippen LogP contribution is -2.54. The smallest absolute Gasteiger partial charge is 0.339 e. The van der Waals surface area contributed by atoms with E-state index in [0.29, 0.717) is 5.56 Å². The number of urea groups is 1. The van der Waals surface area contributed by atoms with Crippen LogP contribution in [0.15, 0.2) is 77.2 Å². The zero-order chi connectivity index (χ0) is 26.0. The summed E-state index contributed by atoms with van der Waals surface area (Å²) < 4.78 is 35.8. The number of rotatable bonds is 6. The molecule has 4 rings (SSSR count). The third kappa shape index (κ3) is 4.95. The fourth-order valence-corrected chi connectivity index (χ4v) is 4.55. The highest BCUT2D eigenvalue weighted by atomic mass is 35.5.